The van der Waals surface area contributed by atoms with Gasteiger partial charge in [-0.15, -0.1) is 0 Å². The molecule has 4 atom stereocenters. The summed E-state index contributed by atoms with van der Waals surface area (Å²) in [6.07, 6.45) is -2.17. The van der Waals surface area contributed by atoms with E-state index < -0.39 is 35.7 Å². The van der Waals surface area contributed by atoms with Crippen LogP contribution in [0.1, 0.15) is 31.8 Å². The van der Waals surface area contributed by atoms with Crippen LogP contribution in [0.15, 0.2) is 120 Å². The van der Waals surface area contributed by atoms with E-state index in [0.29, 0.717) is 17.7 Å². The maximum absolute atomic E-state index is 13.2. The Balaban J connectivity index is 1.40. The number of carbonyl (C=O) groups excluding carboxylic acids is 2. The molecule has 0 unspecified atom stereocenters. The Hall–Kier alpha value is -3.91. The number of benzene rings is 4. The Bertz CT molecular complexity index is 1380. The van der Waals surface area contributed by atoms with Gasteiger partial charge in [-0.05, 0) is 48.9 Å². The zero-order chi connectivity index (χ0) is 27.7. The van der Waals surface area contributed by atoms with Crippen LogP contribution in [0.25, 0.3) is 0 Å². The van der Waals surface area contributed by atoms with Crippen molar-refractivity contribution in [2.75, 3.05) is 6.61 Å². The first kappa shape index (κ1) is 27.6. The number of rotatable bonds is 10. The van der Waals surface area contributed by atoms with Crippen LogP contribution in [0.2, 0.25) is 0 Å². The van der Waals surface area contributed by atoms with Crippen LogP contribution in [-0.4, -0.2) is 42.3 Å². The second kappa shape index (κ2) is 13.4. The fourth-order valence-electron chi connectivity index (χ4n) is 4.34. The molecule has 1 heterocycles. The van der Waals surface area contributed by atoms with Crippen LogP contribution in [0.3, 0.4) is 0 Å². The van der Waals surface area contributed by atoms with Gasteiger partial charge in [-0.1, -0.05) is 96.2 Å². The number of hydrogen-bond donors (Lipinski definition) is 0. The largest absolute Gasteiger partial charge is 0.459 e. The number of hydrogen-bond acceptors (Lipinski definition) is 7. The quantitative estimate of drug-likeness (QED) is 0.208. The Morgan fingerprint density at radius 1 is 0.725 bits per heavy atom. The molecule has 0 amide bonds. The fourth-order valence-corrected chi connectivity index (χ4v) is 5.47. The molecule has 0 bridgehead atoms. The average molecular weight is 555 g/mol. The van der Waals surface area contributed by atoms with Crippen LogP contribution < -0.4 is 0 Å². The number of carbonyl (C=O) groups is 2. The summed E-state index contributed by atoms with van der Waals surface area (Å²) in [5.74, 6) is -0.975. The SMILES string of the molecule is Cc1ccc(S[C@H]2O[C@H](COC(=O)c3ccccc3)[C@@H](OC(=O)c3ccccc3)[C@@H]2OCc2ccccc2)cc1. The Kier molecular flexibility index (Phi) is 9.29. The molecule has 1 saturated heterocycles. The van der Waals surface area contributed by atoms with Gasteiger partial charge in [0.15, 0.2) is 6.10 Å². The predicted molar refractivity (Wildman–Crippen MR) is 153 cm³/mol. The van der Waals surface area contributed by atoms with E-state index in [9.17, 15) is 9.59 Å². The van der Waals surface area contributed by atoms with Crippen molar-refractivity contribution in [1.82, 2.24) is 0 Å². The van der Waals surface area contributed by atoms with Gasteiger partial charge in [0.1, 0.15) is 24.3 Å². The molecule has 1 aliphatic heterocycles. The van der Waals surface area contributed by atoms with E-state index in [1.807, 2.05) is 73.7 Å². The van der Waals surface area contributed by atoms with E-state index >= 15 is 0 Å². The van der Waals surface area contributed by atoms with Gasteiger partial charge in [0.05, 0.1) is 17.7 Å². The van der Waals surface area contributed by atoms with Crippen molar-refractivity contribution in [1.29, 1.82) is 0 Å². The highest BCUT2D eigenvalue weighted by atomic mass is 32.2. The van der Waals surface area contributed by atoms with Crippen LogP contribution in [-0.2, 0) is 25.6 Å². The van der Waals surface area contributed by atoms with Crippen molar-refractivity contribution in [2.24, 2.45) is 0 Å². The molecule has 0 saturated carbocycles. The third-order valence-electron chi connectivity index (χ3n) is 6.47. The average Bonchev–Trinajstić information content (AvgIpc) is 3.32. The zero-order valence-corrected chi connectivity index (χ0v) is 22.9. The molecule has 40 heavy (non-hydrogen) atoms. The first-order chi connectivity index (χ1) is 19.6. The molecule has 1 aliphatic rings. The topological polar surface area (TPSA) is 71.1 Å². The molecule has 0 N–H and O–H groups in total. The van der Waals surface area contributed by atoms with Gasteiger partial charge >= 0.3 is 11.9 Å². The van der Waals surface area contributed by atoms with Crippen LogP contribution >= 0.6 is 11.8 Å². The second-order valence-corrected chi connectivity index (χ2v) is 10.6. The highest BCUT2D eigenvalue weighted by Crippen LogP contribution is 2.38. The monoisotopic (exact) mass is 554 g/mol. The minimum atomic E-state index is -0.817. The molecule has 4 aromatic rings. The molecule has 0 aromatic heterocycles. The van der Waals surface area contributed by atoms with Crippen LogP contribution in [0.4, 0.5) is 0 Å². The van der Waals surface area contributed by atoms with Gasteiger partial charge in [0, 0.05) is 4.90 Å². The van der Waals surface area contributed by atoms with E-state index in [1.54, 1.807) is 48.5 Å². The molecule has 204 valence electrons. The number of ether oxygens (including phenoxy) is 4. The van der Waals surface area contributed by atoms with Crippen molar-refractivity contribution in [3.05, 3.63) is 138 Å². The Morgan fingerprint density at radius 2 is 1.30 bits per heavy atom. The number of aryl methyl sites for hydroxylation is 1. The van der Waals surface area contributed by atoms with E-state index in [2.05, 4.69) is 0 Å². The molecule has 1 fully saturated rings. The van der Waals surface area contributed by atoms with Crippen molar-refractivity contribution in [3.63, 3.8) is 0 Å². The van der Waals surface area contributed by atoms with Crippen LogP contribution in [0.5, 0.6) is 0 Å². The Labute approximate surface area is 238 Å². The summed E-state index contributed by atoms with van der Waals surface area (Å²) in [5.41, 5.74) is 2.46. The summed E-state index contributed by atoms with van der Waals surface area (Å²) in [4.78, 5) is 26.9. The summed E-state index contributed by atoms with van der Waals surface area (Å²) >= 11 is 1.49. The maximum atomic E-state index is 13.2. The van der Waals surface area contributed by atoms with E-state index in [4.69, 9.17) is 18.9 Å². The van der Waals surface area contributed by atoms with Crippen LogP contribution in [0, 0.1) is 6.92 Å². The van der Waals surface area contributed by atoms with Gasteiger partial charge in [-0.3, -0.25) is 0 Å². The number of thioether (sulfide) groups is 1. The Morgan fingerprint density at radius 3 is 1.93 bits per heavy atom. The molecule has 0 aliphatic carbocycles. The smallest absolute Gasteiger partial charge is 0.338 e. The van der Waals surface area contributed by atoms with E-state index in [1.165, 1.54) is 11.8 Å². The van der Waals surface area contributed by atoms with Crippen molar-refractivity contribution in [3.8, 4) is 0 Å². The van der Waals surface area contributed by atoms with Crippen molar-refractivity contribution in [2.45, 2.75) is 42.2 Å². The summed E-state index contributed by atoms with van der Waals surface area (Å²) in [6.45, 7) is 2.23. The molecule has 4 aromatic carbocycles. The molecule has 0 radical (unpaired) electrons. The second-order valence-electron chi connectivity index (χ2n) is 9.44. The minimum Gasteiger partial charge on any atom is -0.459 e. The van der Waals surface area contributed by atoms with Gasteiger partial charge in [0.25, 0.3) is 0 Å². The standard InChI is InChI=1S/C33H30O6S/c1-23-17-19-27(20-18-23)40-33-30(36-21-24-11-5-2-6-12-24)29(39-32(35)26-15-9-4-10-16-26)28(38-33)22-37-31(34)25-13-7-3-8-14-25/h2-20,28-30,33H,21-22H2,1H3/t28-,29-,30+,33-/m1/s1. The molecular formula is C33H30O6S. The van der Waals surface area contributed by atoms with Crippen molar-refractivity contribution < 1.29 is 28.5 Å². The van der Waals surface area contributed by atoms with Gasteiger partial charge in [0.2, 0.25) is 0 Å². The lowest BCUT2D eigenvalue weighted by molar-refractivity contribution is -0.0551. The van der Waals surface area contributed by atoms with E-state index in [0.717, 1.165) is 16.0 Å². The maximum Gasteiger partial charge on any atom is 0.338 e. The lowest BCUT2D eigenvalue weighted by atomic mass is 10.1. The highest BCUT2D eigenvalue weighted by molar-refractivity contribution is 7.99. The first-order valence-corrected chi connectivity index (χ1v) is 14.0. The first-order valence-electron chi connectivity index (χ1n) is 13.1. The van der Waals surface area contributed by atoms with E-state index in [-0.39, 0.29) is 6.61 Å². The third-order valence-corrected chi connectivity index (χ3v) is 7.62. The molecule has 5 rings (SSSR count). The molecule has 7 heteroatoms. The summed E-state index contributed by atoms with van der Waals surface area (Å²) in [5, 5.41) is 0. The number of esters is 2. The highest BCUT2D eigenvalue weighted by Gasteiger charge is 2.49. The summed E-state index contributed by atoms with van der Waals surface area (Å²) in [6, 6.07) is 35.4. The fraction of sp³-hybridized carbons (Fsp3) is 0.212. The lowest BCUT2D eigenvalue weighted by Crippen LogP contribution is -2.40. The molecular weight excluding hydrogens is 524 g/mol. The summed E-state index contributed by atoms with van der Waals surface area (Å²) in [7, 11) is 0. The molecule has 0 spiro atoms. The van der Waals surface area contributed by atoms with Crippen molar-refractivity contribution >= 4 is 23.7 Å². The third kappa shape index (κ3) is 7.18. The minimum absolute atomic E-state index is 0.101. The zero-order valence-electron chi connectivity index (χ0n) is 22.1. The molecule has 6 nitrogen and oxygen atoms in total. The van der Waals surface area contributed by atoms with Gasteiger partial charge < -0.3 is 18.9 Å². The van der Waals surface area contributed by atoms with Gasteiger partial charge in [-0.25, -0.2) is 9.59 Å². The predicted octanol–water partition coefficient (Wildman–Crippen LogP) is 6.48. The van der Waals surface area contributed by atoms with Gasteiger partial charge in [-0.2, -0.15) is 0 Å². The normalized spacial score (nSPS) is 20.1. The lowest BCUT2D eigenvalue weighted by Gasteiger charge is -2.24. The summed E-state index contributed by atoms with van der Waals surface area (Å²) < 4.78 is 24.5.